The van der Waals surface area contributed by atoms with Gasteiger partial charge in [-0.3, -0.25) is 19.3 Å². The molecule has 0 spiro atoms. The van der Waals surface area contributed by atoms with E-state index in [1.165, 1.54) is 0 Å². The number of benzene rings is 3. The highest BCUT2D eigenvalue weighted by molar-refractivity contribution is 6.37. The molecule has 5 rings (SSSR count). The van der Waals surface area contributed by atoms with Crippen molar-refractivity contribution in [2.45, 2.75) is 13.8 Å². The Labute approximate surface area is 253 Å². The molecule has 0 aromatic heterocycles. The van der Waals surface area contributed by atoms with E-state index in [-0.39, 0.29) is 17.7 Å². The molecular weight excluding hydrogens is 540 g/mol. The lowest BCUT2D eigenvalue weighted by atomic mass is 9.98. The number of rotatable bonds is 9. The van der Waals surface area contributed by atoms with Crippen LogP contribution in [0.25, 0.3) is 11.3 Å². The first kappa shape index (κ1) is 30.0. The third-order valence-corrected chi connectivity index (χ3v) is 8.23. The van der Waals surface area contributed by atoms with Crippen molar-refractivity contribution in [1.29, 1.82) is 0 Å². The molecule has 3 aromatic carbocycles. The molecule has 0 aliphatic carbocycles. The minimum atomic E-state index is -0.236. The Morgan fingerprint density at radius 2 is 1.56 bits per heavy atom. The van der Waals surface area contributed by atoms with Crippen molar-refractivity contribution in [2.24, 2.45) is 0 Å². The van der Waals surface area contributed by atoms with Crippen LogP contribution >= 0.6 is 0 Å². The predicted octanol–water partition coefficient (Wildman–Crippen LogP) is 4.31. The van der Waals surface area contributed by atoms with Crippen LogP contribution in [-0.4, -0.2) is 92.3 Å². The first-order chi connectivity index (χ1) is 20.8. The maximum absolute atomic E-state index is 13.4. The summed E-state index contributed by atoms with van der Waals surface area (Å²) in [5, 5.41) is 6.44. The van der Waals surface area contributed by atoms with Crippen LogP contribution in [0.3, 0.4) is 0 Å². The molecule has 43 heavy (non-hydrogen) atoms. The number of hydrogen-bond acceptors (Lipinski definition) is 6. The lowest BCUT2D eigenvalue weighted by Gasteiger charge is -2.32. The fourth-order valence-electron chi connectivity index (χ4n) is 5.49. The van der Waals surface area contributed by atoms with Gasteiger partial charge in [-0.15, -0.1) is 0 Å². The normalized spacial score (nSPS) is 16.3. The summed E-state index contributed by atoms with van der Waals surface area (Å²) >= 11 is 0. The van der Waals surface area contributed by atoms with Crippen LogP contribution in [0.5, 0.6) is 0 Å². The zero-order valence-electron chi connectivity index (χ0n) is 25.4. The molecule has 0 atom stereocenters. The Kier molecular flexibility index (Phi) is 9.23. The van der Waals surface area contributed by atoms with Gasteiger partial charge in [0.1, 0.15) is 0 Å². The van der Waals surface area contributed by atoms with Gasteiger partial charge < -0.3 is 25.3 Å². The van der Waals surface area contributed by atoms with Gasteiger partial charge in [-0.1, -0.05) is 36.4 Å². The first-order valence-corrected chi connectivity index (χ1v) is 14.9. The maximum Gasteiger partial charge on any atom is 0.258 e. The number of hydrogen-bond donors (Lipinski definition) is 2. The molecule has 0 unspecified atom stereocenters. The van der Waals surface area contributed by atoms with Crippen molar-refractivity contribution >= 4 is 46.1 Å². The van der Waals surface area contributed by atoms with E-state index in [1.54, 1.807) is 29.0 Å². The van der Waals surface area contributed by atoms with E-state index in [0.717, 1.165) is 48.7 Å². The standard InChI is InChI=1S/C34H40N6O3/c1-5-40(6-2)34(43)25-12-17-28-29(22-25)36-33(42)31(28)32(24-10-8-7-9-11-24)35-26-13-15-27(16-14-26)38(4)30(41)23-39-20-18-37(3)19-21-39/h7-17,22,35H,5-6,18-21,23H2,1-4H3,(H,36,42). The van der Waals surface area contributed by atoms with Crippen LogP contribution in [0.4, 0.5) is 17.1 Å². The summed E-state index contributed by atoms with van der Waals surface area (Å²) in [5.41, 5.74) is 5.49. The van der Waals surface area contributed by atoms with Gasteiger partial charge in [-0.2, -0.15) is 0 Å². The first-order valence-electron chi connectivity index (χ1n) is 14.9. The van der Waals surface area contributed by atoms with Gasteiger partial charge in [0.15, 0.2) is 0 Å². The topological polar surface area (TPSA) is 88.2 Å². The fourth-order valence-corrected chi connectivity index (χ4v) is 5.49. The zero-order chi connectivity index (χ0) is 30.5. The molecule has 2 aliphatic heterocycles. The third-order valence-electron chi connectivity index (χ3n) is 8.23. The van der Waals surface area contributed by atoms with Gasteiger partial charge in [0.05, 0.1) is 17.8 Å². The summed E-state index contributed by atoms with van der Waals surface area (Å²) in [6, 6.07) is 22.7. The second kappa shape index (κ2) is 13.2. The second-order valence-corrected chi connectivity index (χ2v) is 11.0. The Balaban J connectivity index is 1.40. The van der Waals surface area contributed by atoms with Crippen LogP contribution in [-0.2, 0) is 9.59 Å². The number of amides is 3. The zero-order valence-corrected chi connectivity index (χ0v) is 25.4. The Bertz CT molecular complexity index is 1510. The summed E-state index contributed by atoms with van der Waals surface area (Å²) in [7, 11) is 3.90. The number of fused-ring (bicyclic) bond motifs is 1. The Morgan fingerprint density at radius 1 is 0.884 bits per heavy atom. The number of anilines is 3. The van der Waals surface area contributed by atoms with Crippen LogP contribution in [0.15, 0.2) is 72.8 Å². The van der Waals surface area contributed by atoms with E-state index in [1.807, 2.05) is 74.5 Å². The number of carbonyl (C=O) groups is 3. The molecule has 0 radical (unpaired) electrons. The molecule has 1 fully saturated rings. The summed E-state index contributed by atoms with van der Waals surface area (Å²) in [5.74, 6) is -0.247. The van der Waals surface area contributed by atoms with Gasteiger partial charge in [-0.25, -0.2) is 0 Å². The third kappa shape index (κ3) is 6.63. The summed E-state index contributed by atoms with van der Waals surface area (Å²) < 4.78 is 0. The largest absolute Gasteiger partial charge is 0.354 e. The fraction of sp³-hybridized carbons (Fsp3) is 0.324. The molecule has 3 aromatic rings. The molecule has 0 saturated carbocycles. The molecule has 224 valence electrons. The van der Waals surface area contributed by atoms with Crippen molar-refractivity contribution in [3.05, 3.63) is 89.5 Å². The summed E-state index contributed by atoms with van der Waals surface area (Å²) in [6.45, 7) is 9.24. The molecule has 3 amide bonds. The van der Waals surface area contributed by atoms with Crippen molar-refractivity contribution < 1.29 is 14.4 Å². The van der Waals surface area contributed by atoms with Crippen molar-refractivity contribution in [3.63, 3.8) is 0 Å². The van der Waals surface area contributed by atoms with Gasteiger partial charge in [-0.05, 0) is 62.9 Å². The van der Waals surface area contributed by atoms with E-state index >= 15 is 0 Å². The quantitative estimate of drug-likeness (QED) is 0.367. The summed E-state index contributed by atoms with van der Waals surface area (Å²) in [6.07, 6.45) is 0. The van der Waals surface area contributed by atoms with Crippen molar-refractivity contribution in [1.82, 2.24) is 14.7 Å². The number of carbonyl (C=O) groups excluding carboxylic acids is 3. The van der Waals surface area contributed by atoms with E-state index in [0.29, 0.717) is 42.2 Å². The minimum absolute atomic E-state index is 0.0513. The molecule has 2 N–H and O–H groups in total. The van der Waals surface area contributed by atoms with Gasteiger partial charge in [0.2, 0.25) is 5.91 Å². The molecule has 2 aliphatic rings. The highest BCUT2D eigenvalue weighted by Crippen LogP contribution is 2.38. The predicted molar refractivity (Wildman–Crippen MR) is 173 cm³/mol. The number of nitrogens with zero attached hydrogens (tertiary/aromatic N) is 4. The van der Waals surface area contributed by atoms with E-state index in [2.05, 4.69) is 27.5 Å². The van der Waals surface area contributed by atoms with Crippen LogP contribution in [0.2, 0.25) is 0 Å². The molecule has 2 heterocycles. The van der Waals surface area contributed by atoms with Crippen molar-refractivity contribution in [3.8, 4) is 0 Å². The van der Waals surface area contributed by atoms with E-state index in [9.17, 15) is 14.4 Å². The monoisotopic (exact) mass is 580 g/mol. The number of likely N-dealkylation sites (N-methyl/N-ethyl adjacent to an activating group) is 2. The van der Waals surface area contributed by atoms with Crippen LogP contribution in [0.1, 0.15) is 35.3 Å². The number of nitrogens with one attached hydrogen (secondary N) is 2. The Morgan fingerprint density at radius 3 is 2.21 bits per heavy atom. The smallest absolute Gasteiger partial charge is 0.258 e. The van der Waals surface area contributed by atoms with E-state index in [4.69, 9.17) is 0 Å². The molecule has 0 bridgehead atoms. The lowest BCUT2D eigenvalue weighted by Crippen LogP contribution is -2.48. The Hall–Kier alpha value is -4.47. The SMILES string of the molecule is CCN(CC)C(=O)c1ccc2c(c1)NC(=O)C2=C(Nc1ccc(N(C)C(=O)CN2CCN(C)CC2)cc1)c1ccccc1. The summed E-state index contributed by atoms with van der Waals surface area (Å²) in [4.78, 5) is 47.3. The number of piperazine rings is 1. The van der Waals surface area contributed by atoms with Crippen LogP contribution < -0.4 is 15.5 Å². The average molecular weight is 581 g/mol. The molecule has 1 saturated heterocycles. The van der Waals surface area contributed by atoms with Gasteiger partial charge >= 0.3 is 0 Å². The minimum Gasteiger partial charge on any atom is -0.354 e. The van der Waals surface area contributed by atoms with Gasteiger partial charge in [0.25, 0.3) is 11.8 Å². The maximum atomic E-state index is 13.4. The second-order valence-electron chi connectivity index (χ2n) is 11.0. The molecular formula is C34H40N6O3. The lowest BCUT2D eigenvalue weighted by molar-refractivity contribution is -0.119. The molecule has 9 nitrogen and oxygen atoms in total. The highest BCUT2D eigenvalue weighted by atomic mass is 16.2. The van der Waals surface area contributed by atoms with Crippen LogP contribution in [0, 0.1) is 0 Å². The van der Waals surface area contributed by atoms with Gasteiger partial charge in [0, 0.05) is 74.5 Å². The van der Waals surface area contributed by atoms with E-state index < -0.39 is 0 Å². The average Bonchev–Trinajstić information content (AvgIpc) is 3.36. The highest BCUT2D eigenvalue weighted by Gasteiger charge is 2.30. The van der Waals surface area contributed by atoms with Crippen molar-refractivity contribution in [2.75, 3.05) is 75.4 Å². The molecule has 9 heteroatoms.